The van der Waals surface area contributed by atoms with Gasteiger partial charge in [-0.1, -0.05) is 48.6 Å². The van der Waals surface area contributed by atoms with Crippen molar-refractivity contribution in [3.05, 3.63) is 81.2 Å². The smallest absolute Gasteiger partial charge is 0.196 e. The summed E-state index contributed by atoms with van der Waals surface area (Å²) < 4.78 is 5.96. The Labute approximate surface area is 135 Å². The lowest BCUT2D eigenvalue weighted by Crippen LogP contribution is -2.16. The van der Waals surface area contributed by atoms with E-state index >= 15 is 0 Å². The van der Waals surface area contributed by atoms with Crippen molar-refractivity contribution in [3.8, 4) is 0 Å². The molecular formula is C21H18O2. The van der Waals surface area contributed by atoms with Gasteiger partial charge in [-0.25, -0.2) is 0 Å². The van der Waals surface area contributed by atoms with Crippen molar-refractivity contribution >= 4 is 23.1 Å². The molecular weight excluding hydrogens is 284 g/mol. The molecule has 0 atom stereocenters. The molecule has 1 aromatic heterocycles. The third kappa shape index (κ3) is 2.72. The van der Waals surface area contributed by atoms with Gasteiger partial charge in [0.2, 0.25) is 0 Å². The minimum atomic E-state index is 0.149. The summed E-state index contributed by atoms with van der Waals surface area (Å²) in [5.74, 6) is 0.890. The van der Waals surface area contributed by atoms with Gasteiger partial charge in [0.05, 0.1) is 5.39 Å². The van der Waals surface area contributed by atoms with Crippen LogP contribution in [-0.2, 0) is 12.8 Å². The normalized spacial score (nSPS) is 14.3. The highest BCUT2D eigenvalue weighted by Gasteiger charge is 2.17. The van der Waals surface area contributed by atoms with Gasteiger partial charge in [-0.2, -0.15) is 0 Å². The van der Waals surface area contributed by atoms with Gasteiger partial charge in [0.25, 0.3) is 0 Å². The summed E-state index contributed by atoms with van der Waals surface area (Å²) in [6, 6.07) is 16.0. The molecule has 1 aliphatic carbocycles. The highest BCUT2D eigenvalue weighted by Crippen LogP contribution is 2.24. The predicted molar refractivity (Wildman–Crippen MR) is 94.5 cm³/mol. The molecule has 0 saturated carbocycles. The van der Waals surface area contributed by atoms with Crippen molar-refractivity contribution in [2.45, 2.75) is 25.7 Å². The average molecular weight is 302 g/mol. The lowest BCUT2D eigenvalue weighted by Gasteiger charge is -2.14. The second kappa shape index (κ2) is 5.88. The largest absolute Gasteiger partial charge is 0.461 e. The Morgan fingerprint density at radius 1 is 0.870 bits per heavy atom. The van der Waals surface area contributed by atoms with Crippen LogP contribution in [0, 0.1) is 0 Å². The van der Waals surface area contributed by atoms with E-state index in [1.54, 1.807) is 0 Å². The van der Waals surface area contributed by atoms with Crippen LogP contribution in [0.3, 0.4) is 0 Å². The molecule has 114 valence electrons. The molecule has 23 heavy (non-hydrogen) atoms. The second-order valence-electron chi connectivity index (χ2n) is 6.04. The number of benzene rings is 2. The first kappa shape index (κ1) is 14.0. The van der Waals surface area contributed by atoms with Crippen LogP contribution in [0.1, 0.15) is 35.3 Å². The van der Waals surface area contributed by atoms with Crippen LogP contribution in [0.4, 0.5) is 0 Å². The molecule has 1 aliphatic rings. The van der Waals surface area contributed by atoms with Crippen LogP contribution in [0.25, 0.3) is 23.1 Å². The molecule has 0 saturated heterocycles. The zero-order chi connectivity index (χ0) is 15.6. The Hall–Kier alpha value is -2.61. The summed E-state index contributed by atoms with van der Waals surface area (Å²) in [7, 11) is 0. The molecule has 0 spiro atoms. The molecule has 2 heteroatoms. The summed E-state index contributed by atoms with van der Waals surface area (Å²) in [5, 5.41) is 0.695. The maximum absolute atomic E-state index is 12.7. The van der Waals surface area contributed by atoms with E-state index in [4.69, 9.17) is 4.42 Å². The molecule has 0 amide bonds. The fraction of sp³-hybridized carbons (Fsp3) is 0.190. The van der Waals surface area contributed by atoms with E-state index in [0.717, 1.165) is 48.1 Å². The van der Waals surface area contributed by atoms with Gasteiger partial charge in [0.15, 0.2) is 5.43 Å². The summed E-state index contributed by atoms with van der Waals surface area (Å²) in [6.07, 6.45) is 8.01. The predicted octanol–water partition coefficient (Wildman–Crippen LogP) is 4.84. The minimum Gasteiger partial charge on any atom is -0.461 e. The SMILES string of the molecule is O=c1c2c(oc3ccc(/C=C/c4ccccc4)cc13)CCCC2. The van der Waals surface area contributed by atoms with E-state index in [0.29, 0.717) is 11.0 Å². The Kier molecular flexibility index (Phi) is 3.58. The number of fused-ring (bicyclic) bond motifs is 2. The molecule has 0 N–H and O–H groups in total. The number of hydrogen-bond acceptors (Lipinski definition) is 2. The zero-order valence-corrected chi connectivity index (χ0v) is 12.9. The fourth-order valence-corrected chi connectivity index (χ4v) is 3.20. The molecule has 3 aromatic rings. The Morgan fingerprint density at radius 3 is 2.52 bits per heavy atom. The van der Waals surface area contributed by atoms with Gasteiger partial charge in [-0.05, 0) is 42.5 Å². The standard InChI is InChI=1S/C21H18O2/c22-21-17-8-4-5-9-19(17)23-20-13-12-16(14-18(20)21)11-10-15-6-2-1-3-7-15/h1-3,6-7,10-14H,4-5,8-9H2/b11-10+. The van der Waals surface area contributed by atoms with Gasteiger partial charge in [-0.15, -0.1) is 0 Å². The van der Waals surface area contributed by atoms with Gasteiger partial charge in [0, 0.05) is 12.0 Å². The highest BCUT2D eigenvalue weighted by atomic mass is 16.3. The first-order chi connectivity index (χ1) is 11.3. The number of hydrogen-bond donors (Lipinski definition) is 0. The lowest BCUT2D eigenvalue weighted by molar-refractivity contribution is 0.487. The van der Waals surface area contributed by atoms with Crippen LogP contribution >= 0.6 is 0 Å². The fourth-order valence-electron chi connectivity index (χ4n) is 3.20. The zero-order valence-electron chi connectivity index (χ0n) is 12.9. The third-order valence-corrected chi connectivity index (χ3v) is 4.44. The monoisotopic (exact) mass is 302 g/mol. The molecule has 4 rings (SSSR count). The molecule has 2 nitrogen and oxygen atoms in total. The third-order valence-electron chi connectivity index (χ3n) is 4.44. The molecule has 0 bridgehead atoms. The highest BCUT2D eigenvalue weighted by molar-refractivity contribution is 5.82. The number of rotatable bonds is 2. The van der Waals surface area contributed by atoms with Crippen LogP contribution in [0.5, 0.6) is 0 Å². The molecule has 2 aromatic carbocycles. The first-order valence-electron chi connectivity index (χ1n) is 8.13. The molecule has 0 fully saturated rings. The van der Waals surface area contributed by atoms with Crippen LogP contribution < -0.4 is 5.43 Å². The van der Waals surface area contributed by atoms with Crippen molar-refractivity contribution in [2.75, 3.05) is 0 Å². The van der Waals surface area contributed by atoms with Crippen molar-refractivity contribution in [1.29, 1.82) is 0 Å². The first-order valence-corrected chi connectivity index (χ1v) is 8.13. The molecule has 0 unspecified atom stereocenters. The quantitative estimate of drug-likeness (QED) is 0.634. The second-order valence-corrected chi connectivity index (χ2v) is 6.04. The van der Waals surface area contributed by atoms with E-state index in [-0.39, 0.29) is 5.43 Å². The van der Waals surface area contributed by atoms with E-state index in [2.05, 4.69) is 18.2 Å². The minimum absolute atomic E-state index is 0.149. The van der Waals surface area contributed by atoms with E-state index in [1.165, 1.54) is 0 Å². The number of aryl methyl sites for hydroxylation is 1. The topological polar surface area (TPSA) is 30.2 Å². The Balaban J connectivity index is 1.77. The molecule has 0 radical (unpaired) electrons. The lowest BCUT2D eigenvalue weighted by atomic mass is 9.95. The van der Waals surface area contributed by atoms with Crippen LogP contribution in [0.2, 0.25) is 0 Å². The maximum atomic E-state index is 12.7. The molecule has 0 aliphatic heterocycles. The van der Waals surface area contributed by atoms with E-state index in [1.807, 2.05) is 42.5 Å². The summed E-state index contributed by atoms with van der Waals surface area (Å²) in [5.41, 5.74) is 3.89. The average Bonchev–Trinajstić information content (AvgIpc) is 2.61. The van der Waals surface area contributed by atoms with E-state index < -0.39 is 0 Å². The summed E-state index contributed by atoms with van der Waals surface area (Å²) in [6.45, 7) is 0. The Bertz CT molecular complexity index is 933. The van der Waals surface area contributed by atoms with Crippen molar-refractivity contribution in [2.24, 2.45) is 0 Å². The Morgan fingerprint density at radius 2 is 1.65 bits per heavy atom. The summed E-state index contributed by atoms with van der Waals surface area (Å²) >= 11 is 0. The van der Waals surface area contributed by atoms with Crippen LogP contribution in [0.15, 0.2) is 57.7 Å². The van der Waals surface area contributed by atoms with Gasteiger partial charge in [0.1, 0.15) is 11.3 Å². The van der Waals surface area contributed by atoms with Crippen molar-refractivity contribution < 1.29 is 4.42 Å². The van der Waals surface area contributed by atoms with Gasteiger partial charge < -0.3 is 4.42 Å². The van der Waals surface area contributed by atoms with Gasteiger partial charge in [-0.3, -0.25) is 4.79 Å². The maximum Gasteiger partial charge on any atom is 0.196 e. The van der Waals surface area contributed by atoms with Gasteiger partial charge >= 0.3 is 0 Å². The van der Waals surface area contributed by atoms with E-state index in [9.17, 15) is 4.79 Å². The summed E-state index contributed by atoms with van der Waals surface area (Å²) in [4.78, 5) is 12.7. The van der Waals surface area contributed by atoms with Crippen LogP contribution in [-0.4, -0.2) is 0 Å². The van der Waals surface area contributed by atoms with Crippen molar-refractivity contribution in [1.82, 2.24) is 0 Å². The van der Waals surface area contributed by atoms with Crippen molar-refractivity contribution in [3.63, 3.8) is 0 Å². The molecule has 1 heterocycles.